The van der Waals surface area contributed by atoms with E-state index in [4.69, 9.17) is 10.5 Å². The van der Waals surface area contributed by atoms with Gasteiger partial charge in [-0.25, -0.2) is 17.6 Å². The molecule has 1 aromatic rings. The lowest BCUT2D eigenvalue weighted by Crippen LogP contribution is -2.59. The van der Waals surface area contributed by atoms with Crippen LogP contribution in [0.4, 0.5) is 17.6 Å². The Kier molecular flexibility index (Phi) is 14.4. The number of aliphatic hydroxyl groups is 5. The summed E-state index contributed by atoms with van der Waals surface area (Å²) in [6.07, 6.45) is -5.38. The maximum atomic E-state index is 14.5. The molecule has 2 rings (SSSR count). The maximum absolute atomic E-state index is 14.5. The number of carbonyl (C=O) groups is 2. The van der Waals surface area contributed by atoms with Crippen molar-refractivity contribution in [1.82, 2.24) is 4.90 Å². The highest BCUT2D eigenvalue weighted by molar-refractivity contribution is 5.97. The smallest absolute Gasteiger partial charge is 0.311 e. The first-order chi connectivity index (χ1) is 21.6. The van der Waals surface area contributed by atoms with Gasteiger partial charge in [0.25, 0.3) is 0 Å². The number of benzene rings is 1. The molecule has 0 bridgehead atoms. The molecule has 0 spiro atoms. The standard InChI is InChI=1S/C33H52F4N2O8/c1-8-22-33(7,46)30(43)19(5)39(12-10-9-11-21(40)23-20(14-38)24(34)26(36)27(37)25(23)35)15-16(2)13-32(6,45)29(42)17(3)28(41)18(4)31(44)47-22/h16-19,22,28-30,41-43,45-46H,8-15,38H2,1-7H3/t16-,17+,18-,19?,22-,28+,29-,30?,32-,33-/m1/s1. The van der Waals surface area contributed by atoms with E-state index in [-0.39, 0.29) is 51.1 Å². The second kappa shape index (κ2) is 16.5. The van der Waals surface area contributed by atoms with Gasteiger partial charge in [-0.15, -0.1) is 0 Å². The summed E-state index contributed by atoms with van der Waals surface area (Å²) in [5.74, 6) is -11.9. The summed E-state index contributed by atoms with van der Waals surface area (Å²) in [4.78, 5) is 27.7. The Morgan fingerprint density at radius 1 is 0.957 bits per heavy atom. The molecule has 0 aromatic heterocycles. The van der Waals surface area contributed by atoms with Gasteiger partial charge in [-0.3, -0.25) is 14.5 Å². The van der Waals surface area contributed by atoms with Crippen LogP contribution in [-0.4, -0.2) is 96.9 Å². The van der Waals surface area contributed by atoms with Crippen LogP contribution in [0, 0.1) is 41.0 Å². The molecule has 0 amide bonds. The molecule has 1 fully saturated rings. The number of carbonyl (C=O) groups excluding carboxylic acids is 2. The fraction of sp³-hybridized carbons (Fsp3) is 0.758. The number of halogens is 4. The number of aliphatic hydroxyl groups excluding tert-OH is 3. The van der Waals surface area contributed by atoms with E-state index >= 15 is 0 Å². The number of nitrogens with zero attached hydrogens (tertiary/aromatic N) is 1. The third-order valence-corrected chi connectivity index (χ3v) is 9.73. The van der Waals surface area contributed by atoms with Gasteiger partial charge in [0, 0.05) is 37.0 Å². The van der Waals surface area contributed by atoms with E-state index in [1.54, 1.807) is 25.7 Å². The Bertz CT molecular complexity index is 1250. The van der Waals surface area contributed by atoms with Crippen LogP contribution >= 0.6 is 0 Å². The van der Waals surface area contributed by atoms with E-state index in [0.29, 0.717) is 0 Å². The lowest BCUT2D eigenvalue weighted by atomic mass is 9.78. The summed E-state index contributed by atoms with van der Waals surface area (Å²) in [5, 5.41) is 56.1. The molecule has 10 nitrogen and oxygen atoms in total. The maximum Gasteiger partial charge on any atom is 0.311 e. The normalized spacial score (nSPS) is 35.2. The first kappa shape index (κ1) is 41.0. The zero-order valence-corrected chi connectivity index (χ0v) is 28.3. The molecule has 7 N–H and O–H groups in total. The fourth-order valence-corrected chi connectivity index (χ4v) is 6.73. The van der Waals surface area contributed by atoms with Crippen molar-refractivity contribution in [3.05, 3.63) is 34.4 Å². The Hall–Kier alpha value is -2.20. The molecule has 1 heterocycles. The van der Waals surface area contributed by atoms with Crippen molar-refractivity contribution in [1.29, 1.82) is 0 Å². The average molecular weight is 681 g/mol. The molecule has 1 saturated heterocycles. The fourth-order valence-electron chi connectivity index (χ4n) is 6.73. The summed E-state index contributed by atoms with van der Waals surface area (Å²) in [7, 11) is 0. The first-order valence-electron chi connectivity index (χ1n) is 16.2. The third-order valence-electron chi connectivity index (χ3n) is 9.73. The number of nitrogens with two attached hydrogens (primary N) is 1. The highest BCUT2D eigenvalue weighted by atomic mass is 19.2. The van der Waals surface area contributed by atoms with Crippen molar-refractivity contribution in [2.45, 2.75) is 129 Å². The van der Waals surface area contributed by atoms with Crippen LogP contribution in [0.15, 0.2) is 0 Å². The molecule has 1 aliphatic rings. The molecule has 47 heavy (non-hydrogen) atoms. The molecule has 0 radical (unpaired) electrons. The predicted octanol–water partition coefficient (Wildman–Crippen LogP) is 2.96. The number of hydrogen-bond donors (Lipinski definition) is 6. The Labute approximate surface area is 273 Å². The second-order valence-corrected chi connectivity index (χ2v) is 13.7. The third kappa shape index (κ3) is 9.08. The number of esters is 1. The molecular formula is C33H52F4N2O8. The molecule has 1 aromatic carbocycles. The molecule has 14 heteroatoms. The van der Waals surface area contributed by atoms with E-state index in [9.17, 15) is 52.7 Å². The van der Waals surface area contributed by atoms with Gasteiger partial charge in [0.2, 0.25) is 0 Å². The number of hydrogen-bond acceptors (Lipinski definition) is 10. The highest BCUT2D eigenvalue weighted by Crippen LogP contribution is 2.33. The summed E-state index contributed by atoms with van der Waals surface area (Å²) in [6.45, 7) is 10.4. The summed E-state index contributed by atoms with van der Waals surface area (Å²) >= 11 is 0. The van der Waals surface area contributed by atoms with Crippen molar-refractivity contribution in [3.63, 3.8) is 0 Å². The number of unbranched alkanes of at least 4 members (excludes halogenated alkanes) is 1. The number of ketones is 1. The van der Waals surface area contributed by atoms with Crippen molar-refractivity contribution in [2.24, 2.45) is 23.5 Å². The minimum absolute atomic E-state index is 0.0403. The van der Waals surface area contributed by atoms with E-state index in [1.807, 2.05) is 0 Å². The molecule has 0 saturated carbocycles. The molecule has 10 atom stereocenters. The van der Waals surface area contributed by atoms with Gasteiger partial charge in [-0.05, 0) is 65.8 Å². The van der Waals surface area contributed by atoms with Gasteiger partial charge < -0.3 is 36.0 Å². The first-order valence-corrected chi connectivity index (χ1v) is 16.2. The van der Waals surface area contributed by atoms with E-state index in [2.05, 4.69) is 0 Å². The monoisotopic (exact) mass is 680 g/mol. The van der Waals surface area contributed by atoms with Crippen molar-refractivity contribution in [2.75, 3.05) is 13.1 Å². The van der Waals surface area contributed by atoms with Gasteiger partial charge >= 0.3 is 5.97 Å². The molecule has 0 aliphatic carbocycles. The van der Waals surface area contributed by atoms with Gasteiger partial charge in [-0.2, -0.15) is 0 Å². The van der Waals surface area contributed by atoms with Crippen LogP contribution < -0.4 is 5.73 Å². The number of Topliss-reactive ketones (excluding diaryl/α,β-unsaturated/α-hetero) is 1. The Morgan fingerprint density at radius 2 is 1.53 bits per heavy atom. The van der Waals surface area contributed by atoms with Crippen LogP contribution in [0.3, 0.4) is 0 Å². The van der Waals surface area contributed by atoms with Crippen LogP contribution in [-0.2, 0) is 16.1 Å². The zero-order valence-electron chi connectivity index (χ0n) is 28.3. The topological polar surface area (TPSA) is 174 Å². The van der Waals surface area contributed by atoms with Crippen LogP contribution in [0.1, 0.15) is 96.5 Å². The van der Waals surface area contributed by atoms with Crippen molar-refractivity contribution < 1.29 is 57.4 Å². The van der Waals surface area contributed by atoms with Crippen molar-refractivity contribution >= 4 is 11.8 Å². The predicted molar refractivity (Wildman–Crippen MR) is 165 cm³/mol. The molecule has 1 aliphatic heterocycles. The van der Waals surface area contributed by atoms with E-state index in [1.165, 1.54) is 27.7 Å². The Morgan fingerprint density at radius 3 is 2.09 bits per heavy atom. The largest absolute Gasteiger partial charge is 0.459 e. The number of cyclic esters (lactones) is 1. The minimum atomic E-state index is -2.11. The van der Waals surface area contributed by atoms with Crippen LogP contribution in [0.25, 0.3) is 0 Å². The van der Waals surface area contributed by atoms with E-state index < -0.39 is 106 Å². The van der Waals surface area contributed by atoms with Gasteiger partial charge in [0.1, 0.15) is 17.8 Å². The Balaban J connectivity index is 2.37. The summed E-state index contributed by atoms with van der Waals surface area (Å²) in [5.41, 5.74) is 0.0245. The van der Waals surface area contributed by atoms with Gasteiger partial charge in [0.15, 0.2) is 29.1 Å². The lowest BCUT2D eigenvalue weighted by Gasteiger charge is -2.43. The second-order valence-electron chi connectivity index (χ2n) is 13.7. The van der Waals surface area contributed by atoms with Gasteiger partial charge in [0.05, 0.1) is 29.3 Å². The summed E-state index contributed by atoms with van der Waals surface area (Å²) < 4.78 is 61.9. The summed E-state index contributed by atoms with van der Waals surface area (Å²) in [6, 6.07) is -0.792. The van der Waals surface area contributed by atoms with Crippen LogP contribution in [0.2, 0.25) is 0 Å². The molecular weight excluding hydrogens is 628 g/mol. The number of ether oxygens (including phenoxy) is 1. The number of rotatable bonds is 8. The molecule has 270 valence electrons. The van der Waals surface area contributed by atoms with E-state index in [0.717, 1.165) is 0 Å². The quantitative estimate of drug-likeness (QED) is 0.0599. The SMILES string of the molecule is CC[C@H]1OC(=O)[C@H](C)[C@@H](O)[C@H](C)[C@@H](O)[C@](C)(O)C[C@@H](C)CN(CCCCC(=O)c2c(F)c(F)c(F)c(F)c2CN)C(C)C(O)[C@]1(C)O. The lowest BCUT2D eigenvalue weighted by molar-refractivity contribution is -0.193. The average Bonchev–Trinajstić information content (AvgIpc) is 3.02. The minimum Gasteiger partial charge on any atom is -0.459 e. The zero-order chi connectivity index (χ0) is 36.2. The highest BCUT2D eigenvalue weighted by Gasteiger charge is 2.47. The van der Waals surface area contributed by atoms with Crippen LogP contribution in [0.5, 0.6) is 0 Å². The van der Waals surface area contributed by atoms with Gasteiger partial charge in [-0.1, -0.05) is 20.8 Å². The molecule has 2 unspecified atom stereocenters. The van der Waals surface area contributed by atoms with Crippen molar-refractivity contribution in [3.8, 4) is 0 Å².